The lowest BCUT2D eigenvalue weighted by Crippen LogP contribution is -2.44. The van der Waals surface area contributed by atoms with Crippen LogP contribution in [-0.4, -0.2) is 22.5 Å². The second-order valence-corrected chi connectivity index (χ2v) is 5.77. The van der Waals surface area contributed by atoms with Gasteiger partial charge in [0.2, 0.25) is 0 Å². The molecule has 2 aromatic carbocycles. The van der Waals surface area contributed by atoms with E-state index in [1.165, 1.54) is 0 Å². The molecule has 0 heterocycles. The van der Waals surface area contributed by atoms with Gasteiger partial charge in [-0.05, 0) is 31.0 Å². The largest absolute Gasteiger partial charge is 0.479 e. The number of hydrogen-bond acceptors (Lipinski definition) is 2. The Morgan fingerprint density at radius 2 is 1.86 bits per heavy atom. The van der Waals surface area contributed by atoms with Crippen LogP contribution in [0.4, 0.5) is 0 Å². The van der Waals surface area contributed by atoms with Crippen LogP contribution < -0.4 is 5.32 Å². The van der Waals surface area contributed by atoms with Crippen molar-refractivity contribution in [1.29, 1.82) is 0 Å². The fourth-order valence-electron chi connectivity index (χ4n) is 2.84. The van der Waals surface area contributed by atoms with Crippen molar-refractivity contribution >= 4 is 11.9 Å². The Kier molecular flexibility index (Phi) is 3.45. The van der Waals surface area contributed by atoms with Crippen LogP contribution in [0.25, 0.3) is 0 Å². The van der Waals surface area contributed by atoms with Gasteiger partial charge in [0.05, 0.1) is 0 Å². The number of hydrogen-bond donors (Lipinski definition) is 2. The molecule has 1 aliphatic carbocycles. The number of rotatable bonds is 4. The fraction of sp³-hybridized carbons (Fsp3) is 0.222. The summed E-state index contributed by atoms with van der Waals surface area (Å²) < 4.78 is 0. The second kappa shape index (κ2) is 5.30. The van der Waals surface area contributed by atoms with Crippen molar-refractivity contribution in [3.8, 4) is 0 Å². The first-order valence-electron chi connectivity index (χ1n) is 7.20. The van der Waals surface area contributed by atoms with Gasteiger partial charge in [0.25, 0.3) is 5.91 Å². The highest BCUT2D eigenvalue weighted by molar-refractivity contribution is 5.99. The first-order valence-corrected chi connectivity index (χ1v) is 7.20. The van der Waals surface area contributed by atoms with Gasteiger partial charge in [-0.2, -0.15) is 0 Å². The van der Waals surface area contributed by atoms with Crippen LogP contribution in [0.2, 0.25) is 0 Å². The summed E-state index contributed by atoms with van der Waals surface area (Å²) in [6, 6.07) is 16.6. The average molecular weight is 295 g/mol. The quantitative estimate of drug-likeness (QED) is 0.911. The van der Waals surface area contributed by atoms with Crippen molar-refractivity contribution in [1.82, 2.24) is 5.32 Å². The molecular formula is C18H17NO3. The van der Waals surface area contributed by atoms with Crippen LogP contribution in [0.5, 0.6) is 0 Å². The third kappa shape index (κ3) is 2.48. The molecule has 1 saturated carbocycles. The smallest absolute Gasteiger partial charge is 0.330 e. The molecule has 4 heteroatoms. The summed E-state index contributed by atoms with van der Waals surface area (Å²) >= 11 is 0. The predicted octanol–water partition coefficient (Wildman–Crippen LogP) is 2.74. The Morgan fingerprint density at radius 1 is 1.14 bits per heavy atom. The van der Waals surface area contributed by atoms with E-state index in [-0.39, 0.29) is 11.8 Å². The second-order valence-electron chi connectivity index (χ2n) is 5.77. The lowest BCUT2D eigenvalue weighted by atomic mass is 10.1. The first kappa shape index (κ1) is 14.3. The van der Waals surface area contributed by atoms with Crippen molar-refractivity contribution in [2.24, 2.45) is 0 Å². The number of aliphatic carboxylic acids is 1. The van der Waals surface area contributed by atoms with Crippen LogP contribution in [-0.2, 0) is 4.79 Å². The van der Waals surface area contributed by atoms with E-state index in [1.807, 2.05) is 43.3 Å². The van der Waals surface area contributed by atoms with Crippen LogP contribution in [0.3, 0.4) is 0 Å². The van der Waals surface area contributed by atoms with Crippen molar-refractivity contribution in [2.45, 2.75) is 24.8 Å². The van der Waals surface area contributed by atoms with E-state index in [2.05, 4.69) is 5.32 Å². The van der Waals surface area contributed by atoms with Gasteiger partial charge in [0.1, 0.15) is 5.54 Å². The van der Waals surface area contributed by atoms with E-state index in [9.17, 15) is 14.7 Å². The van der Waals surface area contributed by atoms with Gasteiger partial charge in [-0.15, -0.1) is 0 Å². The van der Waals surface area contributed by atoms with Gasteiger partial charge >= 0.3 is 5.97 Å². The first-order chi connectivity index (χ1) is 10.5. The van der Waals surface area contributed by atoms with Gasteiger partial charge in [0, 0.05) is 11.5 Å². The monoisotopic (exact) mass is 295 g/mol. The highest BCUT2D eigenvalue weighted by Gasteiger charge is 2.62. The Bertz CT molecular complexity index is 726. The predicted molar refractivity (Wildman–Crippen MR) is 82.8 cm³/mol. The van der Waals surface area contributed by atoms with E-state index in [0.717, 1.165) is 11.1 Å². The molecule has 4 nitrogen and oxygen atoms in total. The highest BCUT2D eigenvalue weighted by atomic mass is 16.4. The van der Waals surface area contributed by atoms with E-state index in [1.54, 1.807) is 18.2 Å². The lowest BCUT2D eigenvalue weighted by Gasteiger charge is -2.15. The summed E-state index contributed by atoms with van der Waals surface area (Å²) in [5.41, 5.74) is 1.20. The van der Waals surface area contributed by atoms with Gasteiger partial charge in [-0.25, -0.2) is 4.79 Å². The number of aryl methyl sites for hydroxylation is 1. The summed E-state index contributed by atoms with van der Waals surface area (Å²) in [4.78, 5) is 24.0. The maximum atomic E-state index is 12.4. The SMILES string of the molecule is Cc1cccc(C(=O)NC2(C(=O)O)CC2c2ccccc2)c1. The molecule has 0 saturated heterocycles. The number of benzene rings is 2. The van der Waals surface area contributed by atoms with Crippen molar-refractivity contribution in [3.63, 3.8) is 0 Å². The number of carbonyl (C=O) groups excluding carboxylic acids is 1. The summed E-state index contributed by atoms with van der Waals surface area (Å²) in [6.45, 7) is 1.90. The summed E-state index contributed by atoms with van der Waals surface area (Å²) in [5.74, 6) is -1.51. The third-order valence-corrected chi connectivity index (χ3v) is 4.16. The lowest BCUT2D eigenvalue weighted by molar-refractivity contribution is -0.140. The molecule has 1 amide bonds. The number of carboxylic acid groups (broad SMARTS) is 1. The zero-order valence-electron chi connectivity index (χ0n) is 12.2. The zero-order chi connectivity index (χ0) is 15.7. The van der Waals surface area contributed by atoms with Gasteiger partial charge in [-0.3, -0.25) is 4.79 Å². The van der Waals surface area contributed by atoms with Crippen LogP contribution >= 0.6 is 0 Å². The molecule has 2 aromatic rings. The number of nitrogens with one attached hydrogen (secondary N) is 1. The summed E-state index contributed by atoms with van der Waals surface area (Å²) in [6.07, 6.45) is 0.421. The number of carboxylic acids is 1. The molecule has 2 atom stereocenters. The topological polar surface area (TPSA) is 66.4 Å². The molecule has 3 rings (SSSR count). The molecule has 0 spiro atoms. The zero-order valence-corrected chi connectivity index (χ0v) is 12.2. The molecule has 0 aliphatic heterocycles. The molecule has 0 radical (unpaired) electrons. The van der Waals surface area contributed by atoms with Crippen molar-refractivity contribution in [2.75, 3.05) is 0 Å². The number of amides is 1. The van der Waals surface area contributed by atoms with Crippen molar-refractivity contribution < 1.29 is 14.7 Å². The summed E-state index contributed by atoms with van der Waals surface area (Å²) in [5, 5.41) is 12.3. The Morgan fingerprint density at radius 3 is 2.50 bits per heavy atom. The molecule has 2 unspecified atom stereocenters. The minimum atomic E-state index is -1.19. The molecule has 0 aromatic heterocycles. The van der Waals surface area contributed by atoms with Gasteiger partial charge in [0.15, 0.2) is 0 Å². The Labute approximate surface area is 128 Å². The normalized spacial score (nSPS) is 22.9. The standard InChI is InChI=1S/C18H17NO3/c1-12-6-5-9-14(10-12)16(20)19-18(17(21)22)11-15(18)13-7-3-2-4-8-13/h2-10,15H,11H2,1H3,(H,19,20)(H,21,22). The maximum absolute atomic E-state index is 12.4. The molecule has 22 heavy (non-hydrogen) atoms. The molecular weight excluding hydrogens is 278 g/mol. The fourth-order valence-corrected chi connectivity index (χ4v) is 2.84. The van der Waals surface area contributed by atoms with E-state index in [4.69, 9.17) is 0 Å². The number of carbonyl (C=O) groups is 2. The minimum Gasteiger partial charge on any atom is -0.479 e. The Hall–Kier alpha value is -2.62. The van der Waals surface area contributed by atoms with E-state index >= 15 is 0 Å². The summed E-state index contributed by atoms with van der Waals surface area (Å²) in [7, 11) is 0. The molecule has 2 N–H and O–H groups in total. The van der Waals surface area contributed by atoms with Gasteiger partial charge in [-0.1, -0.05) is 48.0 Å². The Balaban J connectivity index is 1.83. The van der Waals surface area contributed by atoms with Crippen LogP contribution in [0.1, 0.15) is 33.8 Å². The molecule has 1 fully saturated rings. The van der Waals surface area contributed by atoms with E-state index < -0.39 is 11.5 Å². The molecule has 0 bridgehead atoms. The highest BCUT2D eigenvalue weighted by Crippen LogP contribution is 2.51. The van der Waals surface area contributed by atoms with Gasteiger partial charge < -0.3 is 10.4 Å². The molecule has 112 valence electrons. The minimum absolute atomic E-state index is 0.181. The van der Waals surface area contributed by atoms with E-state index in [0.29, 0.717) is 12.0 Å². The maximum Gasteiger partial charge on any atom is 0.330 e. The van der Waals surface area contributed by atoms with Crippen LogP contribution in [0, 0.1) is 6.92 Å². The van der Waals surface area contributed by atoms with Crippen LogP contribution in [0.15, 0.2) is 54.6 Å². The average Bonchev–Trinajstić information content (AvgIpc) is 3.24. The van der Waals surface area contributed by atoms with Crippen molar-refractivity contribution in [3.05, 3.63) is 71.3 Å². The molecule has 1 aliphatic rings. The third-order valence-electron chi connectivity index (χ3n) is 4.16.